The maximum atomic E-state index is 13.0. The Balaban J connectivity index is 1.09. The molecule has 6 heteroatoms. The van der Waals surface area contributed by atoms with E-state index in [0.29, 0.717) is 34.7 Å². The summed E-state index contributed by atoms with van der Waals surface area (Å²) in [7, 11) is 0. The smallest absolute Gasteiger partial charge is 0.338 e. The van der Waals surface area contributed by atoms with Crippen molar-refractivity contribution in [2.75, 3.05) is 13.1 Å². The van der Waals surface area contributed by atoms with E-state index in [9.17, 15) is 13.2 Å². The number of nitrogens with one attached hydrogen (secondary N) is 1. The van der Waals surface area contributed by atoms with Gasteiger partial charge in [0, 0.05) is 11.6 Å². The number of H-pyrrole nitrogens is 1. The molecule has 3 nitrogen and oxygen atoms in total. The van der Waals surface area contributed by atoms with Gasteiger partial charge >= 0.3 is 6.18 Å². The van der Waals surface area contributed by atoms with Crippen LogP contribution >= 0.6 is 0 Å². The van der Waals surface area contributed by atoms with Crippen LogP contribution in [0.4, 0.5) is 13.2 Å². The van der Waals surface area contributed by atoms with E-state index in [1.54, 1.807) is 0 Å². The Morgan fingerprint density at radius 3 is 2.22 bits per heavy atom. The second-order valence-electron chi connectivity index (χ2n) is 10.3. The normalized spacial score (nSPS) is 21.9. The van der Waals surface area contributed by atoms with Gasteiger partial charge in [0.05, 0.1) is 16.6 Å². The molecule has 3 aromatic carbocycles. The lowest BCUT2D eigenvalue weighted by Crippen LogP contribution is -2.39. The molecule has 2 aliphatic rings. The van der Waals surface area contributed by atoms with Crippen LogP contribution in [0.1, 0.15) is 60.6 Å². The largest absolute Gasteiger partial charge is 0.416 e. The van der Waals surface area contributed by atoms with Crippen molar-refractivity contribution < 1.29 is 13.2 Å². The number of aromatic nitrogens is 2. The molecule has 2 unspecified atom stereocenters. The van der Waals surface area contributed by atoms with Crippen LogP contribution in [0.25, 0.3) is 22.4 Å². The van der Waals surface area contributed by atoms with Crippen LogP contribution in [0.3, 0.4) is 0 Å². The molecule has 1 aliphatic heterocycles. The van der Waals surface area contributed by atoms with E-state index in [-0.39, 0.29) is 0 Å². The molecule has 2 heterocycles. The summed E-state index contributed by atoms with van der Waals surface area (Å²) in [4.78, 5) is 10.3. The minimum Gasteiger partial charge on any atom is -0.338 e. The van der Waals surface area contributed by atoms with Gasteiger partial charge in [-0.1, -0.05) is 54.6 Å². The van der Waals surface area contributed by atoms with E-state index in [1.165, 1.54) is 62.4 Å². The molecular weight excluding hydrogens is 459 g/mol. The Labute approximate surface area is 209 Å². The molecule has 0 spiro atoms. The van der Waals surface area contributed by atoms with E-state index < -0.39 is 11.7 Å². The summed E-state index contributed by atoms with van der Waals surface area (Å²) in [6, 6.07) is 23.6. The Hall–Kier alpha value is -3.12. The fraction of sp³-hybridized carbons (Fsp3) is 0.367. The van der Waals surface area contributed by atoms with E-state index in [0.717, 1.165) is 17.7 Å². The molecule has 0 bridgehead atoms. The molecule has 2 fully saturated rings. The third-order valence-electron chi connectivity index (χ3n) is 8.19. The zero-order valence-electron chi connectivity index (χ0n) is 20.1. The average Bonchev–Trinajstić information content (AvgIpc) is 3.56. The number of benzene rings is 3. The Bertz CT molecular complexity index is 1320. The van der Waals surface area contributed by atoms with Crippen molar-refractivity contribution in [1.82, 2.24) is 14.9 Å². The first-order chi connectivity index (χ1) is 17.4. The van der Waals surface area contributed by atoms with Gasteiger partial charge in [0.1, 0.15) is 5.82 Å². The van der Waals surface area contributed by atoms with Crippen LogP contribution < -0.4 is 0 Å². The van der Waals surface area contributed by atoms with Gasteiger partial charge in [-0.3, -0.25) is 0 Å². The third-order valence-corrected chi connectivity index (χ3v) is 8.19. The van der Waals surface area contributed by atoms with Crippen molar-refractivity contribution >= 4 is 11.0 Å². The van der Waals surface area contributed by atoms with Gasteiger partial charge in [-0.2, -0.15) is 13.2 Å². The van der Waals surface area contributed by atoms with Crippen LogP contribution in [0.5, 0.6) is 0 Å². The molecule has 1 saturated carbocycles. The fourth-order valence-electron chi connectivity index (χ4n) is 6.15. The van der Waals surface area contributed by atoms with Crippen molar-refractivity contribution in [2.24, 2.45) is 0 Å². The highest BCUT2D eigenvalue weighted by molar-refractivity contribution is 5.80. The number of likely N-dealkylation sites (tertiary alicyclic amines) is 1. The molecule has 4 aromatic rings. The van der Waals surface area contributed by atoms with Crippen LogP contribution in [0.2, 0.25) is 0 Å². The zero-order chi connectivity index (χ0) is 24.7. The minimum atomic E-state index is -4.37. The number of hydrogen-bond donors (Lipinski definition) is 1. The number of rotatable bonds is 4. The molecule has 36 heavy (non-hydrogen) atoms. The van der Waals surface area contributed by atoms with Gasteiger partial charge in [0.2, 0.25) is 0 Å². The van der Waals surface area contributed by atoms with E-state index in [2.05, 4.69) is 57.3 Å². The van der Waals surface area contributed by atoms with Crippen molar-refractivity contribution in [3.05, 3.63) is 89.5 Å². The Kier molecular flexibility index (Phi) is 6.08. The highest BCUT2D eigenvalue weighted by Crippen LogP contribution is 2.40. The molecule has 0 amide bonds. The first-order valence-electron chi connectivity index (χ1n) is 12.9. The highest BCUT2D eigenvalue weighted by atomic mass is 19.4. The first-order valence-corrected chi connectivity index (χ1v) is 12.9. The van der Waals surface area contributed by atoms with Crippen LogP contribution in [-0.4, -0.2) is 34.0 Å². The number of nitrogens with zero attached hydrogens (tertiary/aromatic N) is 2. The summed E-state index contributed by atoms with van der Waals surface area (Å²) in [6.45, 7) is 2.36. The average molecular weight is 490 g/mol. The number of imidazole rings is 1. The van der Waals surface area contributed by atoms with Gasteiger partial charge in [-0.15, -0.1) is 0 Å². The fourth-order valence-corrected chi connectivity index (χ4v) is 6.15. The molecule has 1 N–H and O–H groups in total. The molecule has 1 saturated heterocycles. The summed E-state index contributed by atoms with van der Waals surface area (Å²) >= 11 is 0. The van der Waals surface area contributed by atoms with Crippen molar-refractivity contribution in [2.45, 2.75) is 56.2 Å². The molecule has 1 aromatic heterocycles. The summed E-state index contributed by atoms with van der Waals surface area (Å²) in [5.41, 5.74) is 3.97. The van der Waals surface area contributed by atoms with Crippen molar-refractivity contribution in [1.29, 1.82) is 0 Å². The maximum Gasteiger partial charge on any atom is 0.416 e. The summed E-state index contributed by atoms with van der Waals surface area (Å²) in [6.07, 6.45) is 1.75. The Morgan fingerprint density at radius 1 is 0.778 bits per heavy atom. The number of hydrogen-bond acceptors (Lipinski definition) is 2. The first kappa shape index (κ1) is 23.3. The highest BCUT2D eigenvalue weighted by Gasteiger charge is 2.33. The maximum absolute atomic E-state index is 13.0. The van der Waals surface area contributed by atoms with Gasteiger partial charge in [0.15, 0.2) is 0 Å². The predicted molar refractivity (Wildman–Crippen MR) is 137 cm³/mol. The van der Waals surface area contributed by atoms with Crippen molar-refractivity contribution in [3.63, 3.8) is 0 Å². The third kappa shape index (κ3) is 4.66. The molecule has 0 radical (unpaired) electrons. The Morgan fingerprint density at radius 2 is 1.50 bits per heavy atom. The topological polar surface area (TPSA) is 31.9 Å². The van der Waals surface area contributed by atoms with Gasteiger partial charge in [-0.25, -0.2) is 4.98 Å². The summed E-state index contributed by atoms with van der Waals surface area (Å²) in [5, 5.41) is 0. The quantitative estimate of drug-likeness (QED) is 0.318. The predicted octanol–water partition coefficient (Wildman–Crippen LogP) is 7.76. The number of piperidine rings is 1. The van der Waals surface area contributed by atoms with Gasteiger partial charge < -0.3 is 9.88 Å². The standard InChI is InChI=1S/C30H30F3N3/c31-30(32,33)25-11-13-27-28(19-25)35-29(34-27)23-8-6-21(7-9-23)24-10-12-26(18-24)36-16-14-22(15-17-36)20-4-2-1-3-5-20/h1-9,11,13,19,22,24,26H,10,12,14-18H2,(H,34,35). The number of aromatic amines is 1. The second kappa shape index (κ2) is 9.40. The molecular formula is C30H30F3N3. The van der Waals surface area contributed by atoms with E-state index >= 15 is 0 Å². The number of halogens is 3. The van der Waals surface area contributed by atoms with Crippen LogP contribution in [-0.2, 0) is 6.18 Å². The number of alkyl halides is 3. The lowest BCUT2D eigenvalue weighted by molar-refractivity contribution is -0.137. The minimum absolute atomic E-state index is 0.332. The molecule has 186 valence electrons. The lowest BCUT2D eigenvalue weighted by atomic mass is 9.88. The lowest BCUT2D eigenvalue weighted by Gasteiger charge is -2.36. The van der Waals surface area contributed by atoms with E-state index in [1.807, 2.05) is 12.1 Å². The second-order valence-corrected chi connectivity index (χ2v) is 10.3. The van der Waals surface area contributed by atoms with Crippen LogP contribution in [0.15, 0.2) is 72.8 Å². The summed E-state index contributed by atoms with van der Waals surface area (Å²) in [5.74, 6) is 1.84. The van der Waals surface area contributed by atoms with Gasteiger partial charge in [-0.05, 0) is 86.4 Å². The van der Waals surface area contributed by atoms with Crippen molar-refractivity contribution in [3.8, 4) is 11.4 Å². The SMILES string of the molecule is FC(F)(F)c1ccc2[nH]c(-c3ccc(C4CCC(N5CCC(c6ccccc6)CC5)C4)cc3)nc2c1. The molecule has 1 aliphatic carbocycles. The van der Waals surface area contributed by atoms with Gasteiger partial charge in [0.25, 0.3) is 0 Å². The monoisotopic (exact) mass is 489 g/mol. The molecule has 6 rings (SSSR count). The summed E-state index contributed by atoms with van der Waals surface area (Å²) < 4.78 is 39.1. The zero-order valence-corrected chi connectivity index (χ0v) is 20.1. The van der Waals surface area contributed by atoms with E-state index in [4.69, 9.17) is 0 Å². The molecule has 2 atom stereocenters. The number of fused-ring (bicyclic) bond motifs is 1. The van der Waals surface area contributed by atoms with Crippen LogP contribution in [0, 0.1) is 0 Å².